The summed E-state index contributed by atoms with van der Waals surface area (Å²) in [6.07, 6.45) is 2.14. The highest BCUT2D eigenvalue weighted by Gasteiger charge is 2.57. The Morgan fingerprint density at radius 2 is 2.40 bits per heavy atom. The van der Waals surface area contributed by atoms with Crippen molar-refractivity contribution < 1.29 is 14.6 Å². The van der Waals surface area contributed by atoms with Gasteiger partial charge < -0.3 is 9.84 Å². The van der Waals surface area contributed by atoms with Gasteiger partial charge in [0.05, 0.1) is 12.0 Å². The fourth-order valence-electron chi connectivity index (χ4n) is 1.78. The van der Waals surface area contributed by atoms with Crippen LogP contribution in [0.25, 0.3) is 0 Å². The predicted octanol–water partition coefficient (Wildman–Crippen LogP) is 0.496. The van der Waals surface area contributed by atoms with E-state index in [9.17, 15) is 4.79 Å². The second kappa shape index (κ2) is 1.95. The molecule has 2 fully saturated rings. The summed E-state index contributed by atoms with van der Waals surface area (Å²) in [5, 5.41) is 8.60. The molecule has 2 rings (SSSR count). The molecule has 0 aromatic rings. The Bertz CT molecular complexity index is 154. The van der Waals surface area contributed by atoms with Gasteiger partial charge in [-0.25, -0.2) is 0 Å². The lowest BCUT2D eigenvalue weighted by atomic mass is 10.2. The number of hydrogen-bond acceptors (Lipinski definition) is 2. The van der Waals surface area contributed by atoms with Crippen LogP contribution in [0.15, 0.2) is 0 Å². The van der Waals surface area contributed by atoms with Gasteiger partial charge >= 0.3 is 5.97 Å². The molecule has 2 unspecified atom stereocenters. The largest absolute Gasteiger partial charge is 0.481 e. The number of carboxylic acids is 1. The average molecular weight is 142 g/mol. The second-order valence-corrected chi connectivity index (χ2v) is 3.01. The number of carboxylic acid groups (broad SMARTS) is 1. The van der Waals surface area contributed by atoms with E-state index >= 15 is 0 Å². The van der Waals surface area contributed by atoms with Crippen LogP contribution in [0, 0.1) is 11.8 Å². The van der Waals surface area contributed by atoms with E-state index in [0.29, 0.717) is 5.92 Å². The Hall–Kier alpha value is -0.570. The number of ether oxygens (including phenoxy) is 1. The van der Waals surface area contributed by atoms with Gasteiger partial charge in [0.1, 0.15) is 0 Å². The van der Waals surface area contributed by atoms with Gasteiger partial charge in [-0.1, -0.05) is 0 Å². The van der Waals surface area contributed by atoms with E-state index in [-0.39, 0.29) is 12.0 Å². The fourth-order valence-corrected chi connectivity index (χ4v) is 1.78. The van der Waals surface area contributed by atoms with Crippen LogP contribution in [-0.4, -0.2) is 23.8 Å². The molecule has 0 spiro atoms. The molecule has 1 saturated heterocycles. The van der Waals surface area contributed by atoms with E-state index in [1.807, 2.05) is 0 Å². The van der Waals surface area contributed by atoms with E-state index in [2.05, 4.69) is 0 Å². The van der Waals surface area contributed by atoms with Crippen LogP contribution in [-0.2, 0) is 9.53 Å². The minimum Gasteiger partial charge on any atom is -0.481 e. The topological polar surface area (TPSA) is 46.5 Å². The molecule has 1 aliphatic heterocycles. The summed E-state index contributed by atoms with van der Waals surface area (Å²) in [6.45, 7) is 0.755. The van der Waals surface area contributed by atoms with E-state index in [4.69, 9.17) is 9.84 Å². The number of aliphatic carboxylic acids is 1. The van der Waals surface area contributed by atoms with Crippen molar-refractivity contribution in [1.29, 1.82) is 0 Å². The SMILES string of the molecule is O=C(O)C1C2OCCC[C@@H]21. The van der Waals surface area contributed by atoms with E-state index in [0.717, 1.165) is 19.4 Å². The molecule has 10 heavy (non-hydrogen) atoms. The molecule has 1 aliphatic carbocycles. The van der Waals surface area contributed by atoms with Crippen LogP contribution in [0.1, 0.15) is 12.8 Å². The van der Waals surface area contributed by atoms with E-state index in [1.165, 1.54) is 0 Å². The molecule has 56 valence electrons. The summed E-state index contributed by atoms with van der Waals surface area (Å²) in [5.74, 6) is -0.523. The summed E-state index contributed by atoms with van der Waals surface area (Å²) >= 11 is 0. The molecule has 2 aliphatic rings. The first kappa shape index (κ1) is 6.16. The molecule has 3 atom stereocenters. The van der Waals surface area contributed by atoms with Crippen LogP contribution in [0.4, 0.5) is 0 Å². The minimum absolute atomic E-state index is 0.0613. The molecule has 0 aromatic carbocycles. The van der Waals surface area contributed by atoms with Crippen molar-refractivity contribution in [3.8, 4) is 0 Å². The van der Waals surface area contributed by atoms with E-state index < -0.39 is 5.97 Å². The first-order chi connectivity index (χ1) is 4.80. The molecule has 3 heteroatoms. The minimum atomic E-state index is -0.683. The Labute approximate surface area is 59.0 Å². The van der Waals surface area contributed by atoms with Crippen LogP contribution < -0.4 is 0 Å². The number of carbonyl (C=O) groups is 1. The van der Waals surface area contributed by atoms with Crippen molar-refractivity contribution >= 4 is 5.97 Å². The zero-order valence-electron chi connectivity index (χ0n) is 5.62. The molecular formula is C7H10O3. The van der Waals surface area contributed by atoms with Crippen molar-refractivity contribution in [3.63, 3.8) is 0 Å². The summed E-state index contributed by atoms with van der Waals surface area (Å²) in [6, 6.07) is 0. The Balaban J connectivity index is 1.99. The smallest absolute Gasteiger partial charge is 0.309 e. The number of fused-ring (bicyclic) bond motifs is 1. The summed E-state index contributed by atoms with van der Waals surface area (Å²) in [5.41, 5.74) is 0. The van der Waals surface area contributed by atoms with Gasteiger partial charge in [0.25, 0.3) is 0 Å². The number of rotatable bonds is 1. The van der Waals surface area contributed by atoms with Crippen molar-refractivity contribution in [2.45, 2.75) is 18.9 Å². The monoisotopic (exact) mass is 142 g/mol. The van der Waals surface area contributed by atoms with Crippen LogP contribution in [0.2, 0.25) is 0 Å². The normalized spacial score (nSPS) is 44.2. The first-order valence-corrected chi connectivity index (χ1v) is 3.65. The zero-order valence-corrected chi connectivity index (χ0v) is 5.62. The third-order valence-corrected chi connectivity index (χ3v) is 2.37. The molecule has 0 bridgehead atoms. The van der Waals surface area contributed by atoms with Gasteiger partial charge in [0.2, 0.25) is 0 Å². The molecule has 0 aromatic heterocycles. The Morgan fingerprint density at radius 1 is 1.60 bits per heavy atom. The summed E-state index contributed by atoms with van der Waals surface area (Å²) in [7, 11) is 0. The highest BCUT2D eigenvalue weighted by molar-refractivity contribution is 5.75. The molecule has 1 saturated carbocycles. The van der Waals surface area contributed by atoms with Gasteiger partial charge in [0.15, 0.2) is 0 Å². The predicted molar refractivity (Wildman–Crippen MR) is 33.6 cm³/mol. The molecule has 0 amide bonds. The second-order valence-electron chi connectivity index (χ2n) is 3.01. The molecule has 0 radical (unpaired) electrons. The maximum absolute atomic E-state index is 10.4. The number of hydrogen-bond donors (Lipinski definition) is 1. The molecular weight excluding hydrogens is 132 g/mol. The van der Waals surface area contributed by atoms with Gasteiger partial charge in [0, 0.05) is 12.5 Å². The lowest BCUT2D eigenvalue weighted by Gasteiger charge is -2.07. The standard InChI is InChI=1S/C7H10O3/c8-7(9)5-4-2-1-3-10-6(4)5/h4-6H,1-3H2,(H,8,9)/t4-,5?,6?/m1/s1. The third kappa shape index (κ3) is 0.736. The summed E-state index contributed by atoms with van der Waals surface area (Å²) < 4.78 is 5.24. The maximum atomic E-state index is 10.4. The van der Waals surface area contributed by atoms with Gasteiger partial charge in [-0.2, -0.15) is 0 Å². The Kier molecular flexibility index (Phi) is 1.20. The highest BCUT2D eigenvalue weighted by atomic mass is 16.5. The third-order valence-electron chi connectivity index (χ3n) is 2.37. The molecule has 3 nitrogen and oxygen atoms in total. The lowest BCUT2D eigenvalue weighted by Crippen LogP contribution is -2.07. The van der Waals surface area contributed by atoms with Crippen molar-refractivity contribution in [1.82, 2.24) is 0 Å². The van der Waals surface area contributed by atoms with Gasteiger partial charge in [-0.05, 0) is 12.8 Å². The molecule has 1 heterocycles. The van der Waals surface area contributed by atoms with Crippen LogP contribution in [0.3, 0.4) is 0 Å². The lowest BCUT2D eigenvalue weighted by molar-refractivity contribution is -0.139. The first-order valence-electron chi connectivity index (χ1n) is 3.65. The average Bonchev–Trinajstić information content (AvgIpc) is 2.60. The van der Waals surface area contributed by atoms with Crippen molar-refractivity contribution in [3.05, 3.63) is 0 Å². The zero-order chi connectivity index (χ0) is 7.14. The fraction of sp³-hybridized carbons (Fsp3) is 0.857. The van der Waals surface area contributed by atoms with E-state index in [1.54, 1.807) is 0 Å². The van der Waals surface area contributed by atoms with Crippen LogP contribution >= 0.6 is 0 Å². The van der Waals surface area contributed by atoms with Gasteiger partial charge in [-0.3, -0.25) is 4.79 Å². The van der Waals surface area contributed by atoms with Crippen molar-refractivity contribution in [2.75, 3.05) is 6.61 Å². The highest BCUT2D eigenvalue weighted by Crippen LogP contribution is 2.47. The van der Waals surface area contributed by atoms with Gasteiger partial charge in [-0.15, -0.1) is 0 Å². The van der Waals surface area contributed by atoms with Crippen LogP contribution in [0.5, 0.6) is 0 Å². The quantitative estimate of drug-likeness (QED) is 0.579. The Morgan fingerprint density at radius 3 is 2.90 bits per heavy atom. The molecule has 1 N–H and O–H groups in total. The van der Waals surface area contributed by atoms with Crippen molar-refractivity contribution in [2.24, 2.45) is 11.8 Å². The maximum Gasteiger partial charge on any atom is 0.309 e. The summed E-state index contributed by atoms with van der Waals surface area (Å²) in [4.78, 5) is 10.4.